The van der Waals surface area contributed by atoms with Gasteiger partial charge in [-0.25, -0.2) is 0 Å². The molecule has 1 nitrogen and oxygen atoms in total. The van der Waals surface area contributed by atoms with Crippen LogP contribution in [0.2, 0.25) is 0 Å². The second kappa shape index (κ2) is 9.05. The standard InChI is InChI=1S/C11H25N/c1-3-5-6-8-11(4-2)9-7-10-12/h11H,3-10,12H2,1-2H3. The minimum absolute atomic E-state index is 0.865. The SMILES string of the molecule is CCCCCC(CC)CCCN. The van der Waals surface area contributed by atoms with Crippen LogP contribution in [0.1, 0.15) is 58.8 Å². The van der Waals surface area contributed by atoms with Crippen LogP contribution >= 0.6 is 0 Å². The average Bonchev–Trinajstić information content (AvgIpc) is 2.11. The summed E-state index contributed by atoms with van der Waals surface area (Å²) in [7, 11) is 0. The highest BCUT2D eigenvalue weighted by molar-refractivity contribution is 4.58. The molecule has 0 aromatic heterocycles. The Morgan fingerprint density at radius 2 is 1.67 bits per heavy atom. The van der Waals surface area contributed by atoms with E-state index in [1.807, 2.05) is 0 Å². The highest BCUT2D eigenvalue weighted by atomic mass is 14.5. The summed E-state index contributed by atoms with van der Waals surface area (Å²) >= 11 is 0. The normalized spacial score (nSPS) is 13.2. The molecule has 0 aromatic carbocycles. The molecule has 0 aromatic rings. The molecule has 1 heteroatoms. The van der Waals surface area contributed by atoms with Crippen molar-refractivity contribution in [3.05, 3.63) is 0 Å². The lowest BCUT2D eigenvalue weighted by Crippen LogP contribution is -2.04. The van der Waals surface area contributed by atoms with E-state index in [-0.39, 0.29) is 0 Å². The van der Waals surface area contributed by atoms with Crippen molar-refractivity contribution in [3.8, 4) is 0 Å². The van der Waals surface area contributed by atoms with Gasteiger partial charge in [-0.15, -0.1) is 0 Å². The molecule has 0 bridgehead atoms. The van der Waals surface area contributed by atoms with E-state index in [2.05, 4.69) is 13.8 Å². The minimum atomic E-state index is 0.865. The Kier molecular flexibility index (Phi) is 9.02. The van der Waals surface area contributed by atoms with E-state index in [9.17, 15) is 0 Å². The largest absolute Gasteiger partial charge is 0.330 e. The fraction of sp³-hybridized carbons (Fsp3) is 1.00. The summed E-state index contributed by atoms with van der Waals surface area (Å²) in [5.74, 6) is 0.945. The second-order valence-electron chi connectivity index (χ2n) is 3.70. The number of hydrogen-bond acceptors (Lipinski definition) is 1. The van der Waals surface area contributed by atoms with E-state index in [0.717, 1.165) is 12.5 Å². The quantitative estimate of drug-likeness (QED) is 0.557. The Morgan fingerprint density at radius 1 is 1.00 bits per heavy atom. The molecule has 0 heterocycles. The maximum Gasteiger partial charge on any atom is -0.00772 e. The molecule has 1 atom stereocenters. The molecule has 0 aliphatic rings. The van der Waals surface area contributed by atoms with E-state index >= 15 is 0 Å². The van der Waals surface area contributed by atoms with Crippen LogP contribution in [0.3, 0.4) is 0 Å². The van der Waals surface area contributed by atoms with Gasteiger partial charge in [-0.1, -0.05) is 46.0 Å². The summed E-state index contributed by atoms with van der Waals surface area (Å²) in [5, 5.41) is 0. The van der Waals surface area contributed by atoms with Gasteiger partial charge in [0.2, 0.25) is 0 Å². The smallest absolute Gasteiger partial charge is 0.00772 e. The van der Waals surface area contributed by atoms with E-state index in [0.29, 0.717) is 0 Å². The monoisotopic (exact) mass is 171 g/mol. The van der Waals surface area contributed by atoms with Crippen molar-refractivity contribution >= 4 is 0 Å². The van der Waals surface area contributed by atoms with Crippen LogP contribution in [-0.2, 0) is 0 Å². The molecule has 0 aliphatic carbocycles. The summed E-state index contributed by atoms with van der Waals surface area (Å²) in [5.41, 5.74) is 5.49. The Bertz CT molecular complexity index is 81.1. The van der Waals surface area contributed by atoms with Crippen molar-refractivity contribution in [3.63, 3.8) is 0 Å². The first kappa shape index (κ1) is 12.0. The molecule has 0 fully saturated rings. The van der Waals surface area contributed by atoms with E-state index in [1.165, 1.54) is 44.9 Å². The third-order valence-electron chi connectivity index (χ3n) is 2.61. The van der Waals surface area contributed by atoms with Crippen molar-refractivity contribution in [1.82, 2.24) is 0 Å². The second-order valence-corrected chi connectivity index (χ2v) is 3.70. The van der Waals surface area contributed by atoms with Crippen LogP contribution in [0.5, 0.6) is 0 Å². The summed E-state index contributed by atoms with van der Waals surface area (Å²) < 4.78 is 0. The number of nitrogens with two attached hydrogens (primary N) is 1. The van der Waals surface area contributed by atoms with Crippen LogP contribution in [0.15, 0.2) is 0 Å². The first-order valence-electron chi connectivity index (χ1n) is 5.55. The highest BCUT2D eigenvalue weighted by Crippen LogP contribution is 2.18. The zero-order chi connectivity index (χ0) is 9.23. The lowest BCUT2D eigenvalue weighted by molar-refractivity contribution is 0.408. The van der Waals surface area contributed by atoms with Crippen molar-refractivity contribution in [2.24, 2.45) is 11.7 Å². The third-order valence-corrected chi connectivity index (χ3v) is 2.61. The van der Waals surface area contributed by atoms with Crippen molar-refractivity contribution < 1.29 is 0 Å². The molecule has 74 valence electrons. The molecule has 0 radical (unpaired) electrons. The van der Waals surface area contributed by atoms with Gasteiger partial charge in [0.15, 0.2) is 0 Å². The van der Waals surface area contributed by atoms with Gasteiger partial charge in [0.25, 0.3) is 0 Å². The molecule has 0 amide bonds. The fourth-order valence-corrected chi connectivity index (χ4v) is 1.64. The van der Waals surface area contributed by atoms with E-state index in [4.69, 9.17) is 5.73 Å². The molecule has 0 rings (SSSR count). The Morgan fingerprint density at radius 3 is 2.17 bits per heavy atom. The third kappa shape index (κ3) is 6.66. The first-order chi connectivity index (χ1) is 5.85. The van der Waals surface area contributed by atoms with Gasteiger partial charge in [0.1, 0.15) is 0 Å². The minimum Gasteiger partial charge on any atom is -0.330 e. The molecule has 12 heavy (non-hydrogen) atoms. The zero-order valence-electron chi connectivity index (χ0n) is 8.81. The molecule has 1 unspecified atom stereocenters. The van der Waals surface area contributed by atoms with Crippen LogP contribution in [0.25, 0.3) is 0 Å². The molecule has 0 saturated carbocycles. The topological polar surface area (TPSA) is 26.0 Å². The molecular weight excluding hydrogens is 146 g/mol. The van der Waals surface area contributed by atoms with E-state index in [1.54, 1.807) is 0 Å². The van der Waals surface area contributed by atoms with Gasteiger partial charge in [-0.2, -0.15) is 0 Å². The molecular formula is C11H25N. The predicted molar refractivity (Wildman–Crippen MR) is 56.2 cm³/mol. The Hall–Kier alpha value is -0.0400. The highest BCUT2D eigenvalue weighted by Gasteiger charge is 2.04. The van der Waals surface area contributed by atoms with Gasteiger partial charge in [0, 0.05) is 0 Å². The Labute approximate surface area is 77.7 Å². The molecule has 0 aliphatic heterocycles. The summed E-state index contributed by atoms with van der Waals surface area (Å²) in [6.45, 7) is 5.43. The lowest BCUT2D eigenvalue weighted by atomic mass is 9.94. The summed E-state index contributed by atoms with van der Waals surface area (Å²) in [6, 6.07) is 0. The van der Waals surface area contributed by atoms with E-state index < -0.39 is 0 Å². The molecule has 0 saturated heterocycles. The maximum atomic E-state index is 5.49. The number of hydrogen-bond donors (Lipinski definition) is 1. The summed E-state index contributed by atoms with van der Waals surface area (Å²) in [6.07, 6.45) is 9.47. The number of rotatable bonds is 8. The lowest BCUT2D eigenvalue weighted by Gasteiger charge is -2.13. The molecule has 0 spiro atoms. The van der Waals surface area contributed by atoms with Gasteiger partial charge in [0.05, 0.1) is 0 Å². The Balaban J connectivity index is 3.26. The van der Waals surface area contributed by atoms with Gasteiger partial charge in [-0.05, 0) is 25.3 Å². The average molecular weight is 171 g/mol. The van der Waals surface area contributed by atoms with Gasteiger partial charge >= 0.3 is 0 Å². The van der Waals surface area contributed by atoms with Crippen molar-refractivity contribution in [2.75, 3.05) is 6.54 Å². The van der Waals surface area contributed by atoms with Crippen molar-refractivity contribution in [1.29, 1.82) is 0 Å². The zero-order valence-corrected chi connectivity index (χ0v) is 8.81. The van der Waals surface area contributed by atoms with Crippen LogP contribution < -0.4 is 5.73 Å². The van der Waals surface area contributed by atoms with Crippen LogP contribution in [0, 0.1) is 5.92 Å². The predicted octanol–water partition coefficient (Wildman–Crippen LogP) is 3.33. The van der Waals surface area contributed by atoms with Crippen LogP contribution in [-0.4, -0.2) is 6.54 Å². The van der Waals surface area contributed by atoms with Crippen LogP contribution in [0.4, 0.5) is 0 Å². The molecule has 2 N–H and O–H groups in total. The van der Waals surface area contributed by atoms with Gasteiger partial charge in [-0.3, -0.25) is 0 Å². The maximum absolute atomic E-state index is 5.49. The van der Waals surface area contributed by atoms with Gasteiger partial charge < -0.3 is 5.73 Å². The summed E-state index contributed by atoms with van der Waals surface area (Å²) in [4.78, 5) is 0. The fourth-order valence-electron chi connectivity index (χ4n) is 1.64. The first-order valence-corrected chi connectivity index (χ1v) is 5.55. The number of unbranched alkanes of at least 4 members (excludes halogenated alkanes) is 2. The van der Waals surface area contributed by atoms with Crippen molar-refractivity contribution in [2.45, 2.75) is 58.8 Å².